The van der Waals surface area contributed by atoms with Crippen LogP contribution in [-0.4, -0.2) is 15.6 Å². The molecule has 1 aromatic heterocycles. The number of nitrogens with zero attached hydrogens (tertiary/aromatic N) is 2. The molecule has 0 aromatic carbocycles. The molecule has 78 valence electrons. The summed E-state index contributed by atoms with van der Waals surface area (Å²) >= 11 is 5.69. The Morgan fingerprint density at radius 1 is 1.29 bits per heavy atom. The second-order valence-electron chi connectivity index (χ2n) is 4.01. The summed E-state index contributed by atoms with van der Waals surface area (Å²) in [6, 6.07) is 0. The topological polar surface area (TPSA) is 61.0 Å². The number of aromatic nitrogens is 2. The first kappa shape index (κ1) is 11.0. The first-order valence-electron chi connectivity index (χ1n) is 4.28. The van der Waals surface area contributed by atoms with Crippen LogP contribution in [0.25, 0.3) is 0 Å². The highest BCUT2D eigenvalue weighted by atomic mass is 35.5. The van der Waals surface area contributed by atoms with Gasteiger partial charge in [-0.05, 0) is 39.3 Å². The van der Waals surface area contributed by atoms with Gasteiger partial charge in [0.25, 0.3) is 0 Å². The lowest BCUT2D eigenvalue weighted by Gasteiger charge is -2.21. The third-order valence-electron chi connectivity index (χ3n) is 1.48. The average Bonchev–Trinajstić information content (AvgIpc) is 1.96. The van der Waals surface area contributed by atoms with Crippen molar-refractivity contribution >= 4 is 17.3 Å². The SMILES string of the molecule is Cc1nc(Cl)nc(OC(C)(C)C)c1N. The molecule has 5 heteroatoms. The molecule has 1 aromatic rings. The minimum Gasteiger partial charge on any atom is -0.470 e. The predicted molar refractivity (Wildman–Crippen MR) is 56.6 cm³/mol. The zero-order chi connectivity index (χ0) is 10.9. The van der Waals surface area contributed by atoms with E-state index in [0.717, 1.165) is 0 Å². The van der Waals surface area contributed by atoms with Crippen LogP contribution < -0.4 is 10.5 Å². The molecule has 0 aliphatic carbocycles. The highest BCUT2D eigenvalue weighted by Gasteiger charge is 2.17. The Balaban J connectivity index is 3.09. The number of ether oxygens (including phenoxy) is 1. The van der Waals surface area contributed by atoms with E-state index in [0.29, 0.717) is 17.3 Å². The molecule has 0 radical (unpaired) electrons. The number of hydrogen-bond acceptors (Lipinski definition) is 4. The summed E-state index contributed by atoms with van der Waals surface area (Å²) in [4.78, 5) is 7.84. The lowest BCUT2D eigenvalue weighted by Crippen LogP contribution is -2.24. The van der Waals surface area contributed by atoms with Crippen molar-refractivity contribution in [3.63, 3.8) is 0 Å². The molecule has 0 spiro atoms. The smallest absolute Gasteiger partial charge is 0.242 e. The largest absolute Gasteiger partial charge is 0.470 e. The van der Waals surface area contributed by atoms with E-state index in [1.165, 1.54) is 0 Å². The number of halogens is 1. The van der Waals surface area contributed by atoms with Gasteiger partial charge in [0.15, 0.2) is 0 Å². The average molecular weight is 216 g/mol. The van der Waals surface area contributed by atoms with Gasteiger partial charge in [-0.15, -0.1) is 0 Å². The van der Waals surface area contributed by atoms with E-state index in [1.807, 2.05) is 20.8 Å². The summed E-state index contributed by atoms with van der Waals surface area (Å²) in [5.41, 5.74) is 6.46. The van der Waals surface area contributed by atoms with Gasteiger partial charge >= 0.3 is 0 Å². The molecular weight excluding hydrogens is 202 g/mol. The van der Waals surface area contributed by atoms with Crippen LogP contribution in [0.15, 0.2) is 0 Å². The van der Waals surface area contributed by atoms with Crippen LogP contribution >= 0.6 is 11.6 Å². The third-order valence-corrected chi connectivity index (χ3v) is 1.65. The number of hydrogen-bond donors (Lipinski definition) is 1. The standard InChI is InChI=1S/C9H14ClN3O/c1-5-6(11)7(13-8(10)12-5)14-9(2,3)4/h11H2,1-4H3. The van der Waals surface area contributed by atoms with Crippen LogP contribution in [0.5, 0.6) is 5.88 Å². The Morgan fingerprint density at radius 2 is 1.86 bits per heavy atom. The van der Waals surface area contributed by atoms with Gasteiger partial charge in [-0.3, -0.25) is 0 Å². The normalized spacial score (nSPS) is 11.5. The quantitative estimate of drug-likeness (QED) is 0.730. The van der Waals surface area contributed by atoms with Crippen LogP contribution in [0.1, 0.15) is 26.5 Å². The second kappa shape index (κ2) is 3.61. The maximum atomic E-state index is 5.75. The van der Waals surface area contributed by atoms with E-state index in [4.69, 9.17) is 22.1 Å². The van der Waals surface area contributed by atoms with Gasteiger partial charge in [0.05, 0.1) is 5.69 Å². The maximum absolute atomic E-state index is 5.75. The molecule has 0 atom stereocenters. The van der Waals surface area contributed by atoms with Gasteiger partial charge in [0, 0.05) is 0 Å². The van der Waals surface area contributed by atoms with E-state index < -0.39 is 0 Å². The zero-order valence-electron chi connectivity index (χ0n) is 8.76. The number of anilines is 1. The van der Waals surface area contributed by atoms with Gasteiger partial charge in [-0.25, -0.2) is 4.98 Å². The van der Waals surface area contributed by atoms with Crippen molar-refractivity contribution in [1.29, 1.82) is 0 Å². The summed E-state index contributed by atoms with van der Waals surface area (Å²) in [6.07, 6.45) is 0. The number of nitrogen functional groups attached to an aromatic ring is 1. The molecule has 0 amide bonds. The predicted octanol–water partition coefficient (Wildman–Crippen LogP) is 2.20. The van der Waals surface area contributed by atoms with Gasteiger partial charge in [0.2, 0.25) is 11.2 Å². The van der Waals surface area contributed by atoms with Crippen LogP contribution in [0, 0.1) is 6.92 Å². The highest BCUT2D eigenvalue weighted by molar-refractivity contribution is 6.28. The lowest BCUT2D eigenvalue weighted by atomic mass is 10.2. The molecule has 2 N–H and O–H groups in total. The molecule has 0 aliphatic heterocycles. The Kier molecular flexibility index (Phi) is 2.85. The van der Waals surface area contributed by atoms with Crippen LogP contribution in [0.4, 0.5) is 5.69 Å². The molecule has 1 heterocycles. The van der Waals surface area contributed by atoms with Crippen LogP contribution in [-0.2, 0) is 0 Å². The molecule has 0 saturated heterocycles. The highest BCUT2D eigenvalue weighted by Crippen LogP contribution is 2.26. The molecule has 0 aliphatic rings. The first-order chi connectivity index (χ1) is 6.29. The molecule has 1 rings (SSSR count). The Hall–Kier alpha value is -1.03. The second-order valence-corrected chi connectivity index (χ2v) is 4.35. The van der Waals surface area contributed by atoms with Crippen molar-refractivity contribution in [3.8, 4) is 5.88 Å². The Morgan fingerprint density at radius 3 is 2.36 bits per heavy atom. The first-order valence-corrected chi connectivity index (χ1v) is 4.66. The number of rotatable bonds is 1. The molecule has 0 bridgehead atoms. The molecular formula is C9H14ClN3O. The van der Waals surface area contributed by atoms with Crippen molar-refractivity contribution in [2.24, 2.45) is 0 Å². The van der Waals surface area contributed by atoms with Gasteiger partial charge in [0.1, 0.15) is 11.3 Å². The molecule has 0 unspecified atom stereocenters. The fourth-order valence-electron chi connectivity index (χ4n) is 0.890. The summed E-state index contributed by atoms with van der Waals surface area (Å²) in [6.45, 7) is 7.51. The van der Waals surface area contributed by atoms with Crippen molar-refractivity contribution < 1.29 is 4.74 Å². The van der Waals surface area contributed by atoms with E-state index in [9.17, 15) is 0 Å². The van der Waals surface area contributed by atoms with Crippen LogP contribution in [0.2, 0.25) is 5.28 Å². The van der Waals surface area contributed by atoms with Crippen molar-refractivity contribution in [2.45, 2.75) is 33.3 Å². The zero-order valence-corrected chi connectivity index (χ0v) is 9.51. The minimum absolute atomic E-state index is 0.149. The Bertz CT molecular complexity index is 347. The number of aryl methyl sites for hydroxylation is 1. The van der Waals surface area contributed by atoms with E-state index in [2.05, 4.69) is 9.97 Å². The summed E-state index contributed by atoms with van der Waals surface area (Å²) in [5.74, 6) is 0.343. The van der Waals surface area contributed by atoms with Gasteiger partial charge in [-0.2, -0.15) is 4.98 Å². The fraction of sp³-hybridized carbons (Fsp3) is 0.556. The molecule has 0 fully saturated rings. The molecule has 0 saturated carbocycles. The molecule has 4 nitrogen and oxygen atoms in total. The van der Waals surface area contributed by atoms with E-state index in [1.54, 1.807) is 6.92 Å². The fourth-order valence-corrected chi connectivity index (χ4v) is 1.09. The molecule has 14 heavy (non-hydrogen) atoms. The van der Waals surface area contributed by atoms with Crippen molar-refractivity contribution in [1.82, 2.24) is 9.97 Å². The summed E-state index contributed by atoms with van der Waals surface area (Å²) in [7, 11) is 0. The third kappa shape index (κ3) is 2.73. The number of nitrogens with two attached hydrogens (primary N) is 1. The summed E-state index contributed by atoms with van der Waals surface area (Å²) in [5, 5.41) is 0.149. The summed E-state index contributed by atoms with van der Waals surface area (Å²) < 4.78 is 5.53. The van der Waals surface area contributed by atoms with Crippen molar-refractivity contribution in [2.75, 3.05) is 5.73 Å². The van der Waals surface area contributed by atoms with E-state index >= 15 is 0 Å². The van der Waals surface area contributed by atoms with Crippen molar-refractivity contribution in [3.05, 3.63) is 11.0 Å². The lowest BCUT2D eigenvalue weighted by molar-refractivity contribution is 0.125. The van der Waals surface area contributed by atoms with E-state index in [-0.39, 0.29) is 10.9 Å². The van der Waals surface area contributed by atoms with Gasteiger partial charge in [-0.1, -0.05) is 0 Å². The Labute approximate surface area is 88.5 Å². The van der Waals surface area contributed by atoms with Crippen LogP contribution in [0.3, 0.4) is 0 Å². The minimum atomic E-state index is -0.349. The maximum Gasteiger partial charge on any atom is 0.242 e. The monoisotopic (exact) mass is 215 g/mol. The van der Waals surface area contributed by atoms with Gasteiger partial charge < -0.3 is 10.5 Å².